The van der Waals surface area contributed by atoms with Crippen molar-refractivity contribution in [1.82, 2.24) is 20.0 Å². The predicted molar refractivity (Wildman–Crippen MR) is 127 cm³/mol. The highest BCUT2D eigenvalue weighted by Gasteiger charge is 2.48. The molecule has 1 aromatic heterocycles. The van der Waals surface area contributed by atoms with Crippen LogP contribution < -0.4 is 5.32 Å². The van der Waals surface area contributed by atoms with Crippen LogP contribution in [0.15, 0.2) is 30.3 Å². The van der Waals surface area contributed by atoms with Gasteiger partial charge in [-0.2, -0.15) is 5.10 Å². The molecule has 0 unspecified atom stereocenters. The molecule has 2 heterocycles. The predicted octanol–water partition coefficient (Wildman–Crippen LogP) is 3.48. The van der Waals surface area contributed by atoms with E-state index in [1.165, 1.54) is 10.7 Å². The lowest BCUT2D eigenvalue weighted by Gasteiger charge is -2.44. The number of ether oxygens (including phenoxy) is 1. The summed E-state index contributed by atoms with van der Waals surface area (Å²) in [4.78, 5) is 41.2. The van der Waals surface area contributed by atoms with E-state index in [2.05, 4.69) is 17.3 Å². The second kappa shape index (κ2) is 9.60. The number of hydrogen-bond acceptors (Lipinski definition) is 5. The van der Waals surface area contributed by atoms with Crippen LogP contribution in [0.2, 0.25) is 0 Å². The molecule has 1 atom stereocenters. The fourth-order valence-electron chi connectivity index (χ4n) is 4.82. The topological polar surface area (TPSA) is 93.5 Å². The summed E-state index contributed by atoms with van der Waals surface area (Å²) < 4.78 is 6.54. The summed E-state index contributed by atoms with van der Waals surface area (Å²) in [5, 5.41) is 7.53. The van der Waals surface area contributed by atoms with Crippen molar-refractivity contribution in [3.05, 3.63) is 52.8 Å². The molecule has 8 nitrogen and oxygen atoms in total. The molecule has 0 radical (unpaired) electrons. The molecule has 1 aliphatic carbocycles. The van der Waals surface area contributed by atoms with Crippen LogP contribution in [0.3, 0.4) is 0 Å². The first-order valence-electron chi connectivity index (χ1n) is 12.1. The van der Waals surface area contributed by atoms with Crippen molar-refractivity contribution >= 4 is 17.8 Å². The minimum Gasteiger partial charge on any atom is -0.461 e. The Bertz CT molecular complexity index is 1070. The van der Waals surface area contributed by atoms with Crippen LogP contribution >= 0.6 is 0 Å². The molecule has 2 aliphatic rings. The summed E-state index contributed by atoms with van der Waals surface area (Å²) in [6, 6.07) is 9.49. The first-order valence-corrected chi connectivity index (χ1v) is 12.1. The first kappa shape index (κ1) is 24.0. The fraction of sp³-hybridized carbons (Fsp3) is 0.538. The van der Waals surface area contributed by atoms with Gasteiger partial charge in [0.1, 0.15) is 11.2 Å². The number of rotatable bonds is 6. The zero-order valence-electron chi connectivity index (χ0n) is 20.5. The smallest absolute Gasteiger partial charge is 0.358 e. The van der Waals surface area contributed by atoms with Gasteiger partial charge in [0.25, 0.3) is 5.91 Å². The van der Waals surface area contributed by atoms with Crippen molar-refractivity contribution in [2.45, 2.75) is 78.0 Å². The average molecular weight is 467 g/mol. The molecule has 4 rings (SSSR count). The number of carbonyl (C=O) groups is 3. The number of aromatic nitrogens is 2. The van der Waals surface area contributed by atoms with Crippen LogP contribution in [0.1, 0.15) is 78.6 Å². The molecule has 34 heavy (non-hydrogen) atoms. The van der Waals surface area contributed by atoms with Crippen molar-refractivity contribution in [2.24, 2.45) is 5.92 Å². The molecule has 1 aliphatic heterocycles. The fourth-order valence-corrected chi connectivity index (χ4v) is 4.82. The van der Waals surface area contributed by atoms with E-state index >= 15 is 0 Å². The second-order valence-corrected chi connectivity index (χ2v) is 9.87. The maximum absolute atomic E-state index is 13.7. The third kappa shape index (κ3) is 4.72. The lowest BCUT2D eigenvalue weighted by molar-refractivity contribution is -0.134. The van der Waals surface area contributed by atoms with Crippen LogP contribution in [-0.4, -0.2) is 50.7 Å². The van der Waals surface area contributed by atoms with E-state index in [-0.39, 0.29) is 48.9 Å². The van der Waals surface area contributed by atoms with Gasteiger partial charge >= 0.3 is 5.97 Å². The van der Waals surface area contributed by atoms with Gasteiger partial charge in [0.05, 0.1) is 13.2 Å². The highest BCUT2D eigenvalue weighted by atomic mass is 16.5. The van der Waals surface area contributed by atoms with Gasteiger partial charge in [-0.1, -0.05) is 36.8 Å². The number of fused-ring (bicyclic) bond motifs is 1. The molecule has 0 saturated heterocycles. The Hall–Kier alpha value is -3.16. The monoisotopic (exact) mass is 466 g/mol. The molecule has 2 aromatic rings. The number of benzene rings is 1. The lowest BCUT2D eigenvalue weighted by Crippen LogP contribution is -2.64. The Morgan fingerprint density at radius 1 is 1.18 bits per heavy atom. The van der Waals surface area contributed by atoms with Gasteiger partial charge in [-0.3, -0.25) is 14.3 Å². The number of esters is 1. The zero-order valence-corrected chi connectivity index (χ0v) is 20.5. The Morgan fingerprint density at radius 2 is 1.85 bits per heavy atom. The van der Waals surface area contributed by atoms with E-state index in [0.29, 0.717) is 5.92 Å². The summed E-state index contributed by atoms with van der Waals surface area (Å²) in [6.07, 6.45) is 4.05. The molecule has 0 bridgehead atoms. The van der Waals surface area contributed by atoms with Crippen molar-refractivity contribution in [3.63, 3.8) is 0 Å². The van der Waals surface area contributed by atoms with Gasteiger partial charge in [-0.25, -0.2) is 4.79 Å². The molecule has 2 amide bonds. The molecule has 8 heteroatoms. The summed E-state index contributed by atoms with van der Waals surface area (Å²) >= 11 is 0. The molecule has 0 spiro atoms. The number of hydrogen-bond donors (Lipinski definition) is 1. The van der Waals surface area contributed by atoms with Gasteiger partial charge in [-0.15, -0.1) is 0 Å². The molecule has 1 fully saturated rings. The highest BCUT2D eigenvalue weighted by molar-refractivity contribution is 6.01. The van der Waals surface area contributed by atoms with E-state index < -0.39 is 11.5 Å². The van der Waals surface area contributed by atoms with Crippen LogP contribution in [0.4, 0.5) is 0 Å². The molecular formula is C26H34N4O4. The van der Waals surface area contributed by atoms with Crippen molar-refractivity contribution < 1.29 is 19.1 Å². The number of nitrogens with zero attached hydrogens (tertiary/aromatic N) is 3. The van der Waals surface area contributed by atoms with E-state index in [0.717, 1.165) is 36.8 Å². The molecular weight excluding hydrogens is 432 g/mol. The average Bonchev–Trinajstić information content (AvgIpc) is 3.23. The van der Waals surface area contributed by atoms with Crippen molar-refractivity contribution in [3.8, 4) is 0 Å². The summed E-state index contributed by atoms with van der Waals surface area (Å²) in [5.74, 6) is -0.424. The third-order valence-corrected chi connectivity index (χ3v) is 7.08. The Morgan fingerprint density at radius 3 is 2.50 bits per heavy atom. The lowest BCUT2D eigenvalue weighted by atomic mass is 9.86. The first-order chi connectivity index (χ1) is 16.2. The third-order valence-electron chi connectivity index (χ3n) is 7.08. The van der Waals surface area contributed by atoms with Gasteiger partial charge in [0.2, 0.25) is 5.91 Å². The quantitative estimate of drug-likeness (QED) is 0.658. The number of amides is 2. The Balaban J connectivity index is 1.66. The Labute approximate surface area is 200 Å². The summed E-state index contributed by atoms with van der Waals surface area (Å²) in [6.45, 7) is 8.41. The second-order valence-electron chi connectivity index (χ2n) is 9.87. The standard InChI is InChI=1S/C26H34N4O4/c1-5-34-24(32)21-14-22-23(31)29(15-19-10-6-17(2)7-11-19)26(4,16-30(22)28-21)25(33)27-20-12-8-18(3)9-13-20/h6-7,10-11,14,18,20H,5,8-9,12-13,15-16H2,1-4H3,(H,27,33)/t18?,20?,26-/m1/s1. The van der Waals surface area contributed by atoms with Gasteiger partial charge in [0.15, 0.2) is 5.69 Å². The molecule has 182 valence electrons. The van der Waals surface area contributed by atoms with Crippen molar-refractivity contribution in [2.75, 3.05) is 6.61 Å². The van der Waals surface area contributed by atoms with Crippen molar-refractivity contribution in [1.29, 1.82) is 0 Å². The largest absolute Gasteiger partial charge is 0.461 e. The SMILES string of the molecule is CCOC(=O)c1cc2n(n1)C[C@](C)(C(=O)NC1CCC(C)CC1)N(Cc1ccc(C)cc1)C2=O. The van der Waals surface area contributed by atoms with E-state index in [1.807, 2.05) is 31.2 Å². The van der Waals surface area contributed by atoms with Crippen LogP contribution in [0.5, 0.6) is 0 Å². The van der Waals surface area contributed by atoms with E-state index in [9.17, 15) is 14.4 Å². The van der Waals surface area contributed by atoms with E-state index in [1.54, 1.807) is 18.7 Å². The molecule has 1 aromatic carbocycles. The maximum atomic E-state index is 13.7. The summed E-state index contributed by atoms with van der Waals surface area (Å²) in [7, 11) is 0. The number of aryl methyl sites for hydroxylation is 1. The maximum Gasteiger partial charge on any atom is 0.358 e. The van der Waals surface area contributed by atoms with E-state index in [4.69, 9.17) is 4.74 Å². The van der Waals surface area contributed by atoms with Crippen LogP contribution in [0, 0.1) is 12.8 Å². The molecule has 1 N–H and O–H groups in total. The number of carbonyl (C=O) groups excluding carboxylic acids is 3. The minimum absolute atomic E-state index is 0.0754. The number of nitrogens with one attached hydrogen (secondary N) is 1. The minimum atomic E-state index is -1.16. The van der Waals surface area contributed by atoms with Crippen LogP contribution in [-0.2, 0) is 22.6 Å². The van der Waals surface area contributed by atoms with Gasteiger partial charge in [-0.05, 0) is 57.9 Å². The summed E-state index contributed by atoms with van der Waals surface area (Å²) in [5.41, 5.74) is 1.26. The van der Waals surface area contributed by atoms with Gasteiger partial charge in [0, 0.05) is 18.7 Å². The normalized spacial score (nSPS) is 24.5. The Kier molecular flexibility index (Phi) is 6.77. The van der Waals surface area contributed by atoms with Crippen LogP contribution in [0.25, 0.3) is 0 Å². The zero-order chi connectivity index (χ0) is 24.5. The van der Waals surface area contributed by atoms with Gasteiger partial charge < -0.3 is 15.0 Å². The molecule has 1 saturated carbocycles. The highest BCUT2D eigenvalue weighted by Crippen LogP contribution is 2.31.